The monoisotopic (exact) mass is 307 g/mol. The van der Waals surface area contributed by atoms with Crippen molar-refractivity contribution in [1.82, 2.24) is 9.91 Å². The van der Waals surface area contributed by atoms with Crippen LogP contribution in [-0.4, -0.2) is 41.9 Å². The van der Waals surface area contributed by atoms with E-state index in [0.717, 1.165) is 31.2 Å². The minimum absolute atomic E-state index is 0.286. The molecule has 0 spiro atoms. The van der Waals surface area contributed by atoms with Crippen molar-refractivity contribution in [3.05, 3.63) is 17.2 Å². The third-order valence-electron chi connectivity index (χ3n) is 3.97. The Morgan fingerprint density at radius 3 is 2.32 bits per heavy atom. The van der Waals surface area contributed by atoms with Crippen LogP contribution in [0.4, 0.5) is 0 Å². The van der Waals surface area contributed by atoms with E-state index in [2.05, 4.69) is 45.6 Å². The van der Waals surface area contributed by atoms with E-state index < -0.39 is 0 Å². The molecule has 0 aromatic heterocycles. The second-order valence-electron chi connectivity index (χ2n) is 6.76. The van der Waals surface area contributed by atoms with Gasteiger partial charge in [-0.15, -0.1) is 0 Å². The van der Waals surface area contributed by atoms with Crippen molar-refractivity contribution in [2.24, 2.45) is 11.0 Å². The molecule has 0 N–H and O–H groups in total. The van der Waals surface area contributed by atoms with Gasteiger partial charge >= 0.3 is 0 Å². The normalized spacial score (nSPS) is 18.7. The first-order chi connectivity index (χ1) is 10.5. The number of hydrogen-bond donors (Lipinski definition) is 0. The number of nitrogens with zero attached hydrogens (tertiary/aromatic N) is 4. The second kappa shape index (κ2) is 9.75. The van der Waals surface area contributed by atoms with Crippen molar-refractivity contribution in [3.63, 3.8) is 0 Å². The van der Waals surface area contributed by atoms with Gasteiger partial charge < -0.3 is 20.3 Å². The summed E-state index contributed by atoms with van der Waals surface area (Å²) in [6, 6.07) is 0.286. The first-order valence-corrected chi connectivity index (χ1v) is 8.96. The molecular weight excluding hydrogens is 272 g/mol. The largest absolute Gasteiger partial charge is 0.428 e. The van der Waals surface area contributed by atoms with Gasteiger partial charge in [0.05, 0.1) is 0 Å². The van der Waals surface area contributed by atoms with Gasteiger partial charge in [0.2, 0.25) is 0 Å². The highest BCUT2D eigenvalue weighted by Gasteiger charge is 2.13. The lowest BCUT2D eigenvalue weighted by Crippen LogP contribution is -2.27. The van der Waals surface area contributed by atoms with E-state index in [9.17, 15) is 0 Å². The molecule has 0 aromatic rings. The first kappa shape index (κ1) is 18.9. The predicted molar refractivity (Wildman–Crippen MR) is 96.9 cm³/mol. The fourth-order valence-corrected chi connectivity index (χ4v) is 2.46. The molecule has 1 rings (SSSR count). The molecule has 1 atom stereocenters. The minimum Gasteiger partial charge on any atom is -0.428 e. The highest BCUT2D eigenvalue weighted by molar-refractivity contribution is 5.97. The Balaban J connectivity index is 2.90. The first-order valence-electron chi connectivity index (χ1n) is 8.96. The number of hydrogen-bond acceptors (Lipinski definition) is 3. The number of unbranched alkanes of at least 4 members (excludes halogenated alkanes) is 2. The lowest BCUT2D eigenvalue weighted by atomic mass is 10.1. The average molecular weight is 308 g/mol. The highest BCUT2D eigenvalue weighted by Crippen LogP contribution is 2.23. The molecule has 22 heavy (non-hydrogen) atoms. The summed E-state index contributed by atoms with van der Waals surface area (Å²) >= 11 is 0. The maximum atomic E-state index is 4.92. The third-order valence-corrected chi connectivity index (χ3v) is 3.97. The van der Waals surface area contributed by atoms with Crippen molar-refractivity contribution in [3.8, 4) is 0 Å². The van der Waals surface area contributed by atoms with Crippen LogP contribution in [0.2, 0.25) is 0 Å². The summed E-state index contributed by atoms with van der Waals surface area (Å²) in [6.07, 6.45) is 8.08. The summed E-state index contributed by atoms with van der Waals surface area (Å²) in [5, 5.41) is 11.6. The maximum Gasteiger partial charge on any atom is 0.0498 e. The molecule has 0 radical (unpaired) electrons. The van der Waals surface area contributed by atoms with Crippen LogP contribution in [0.3, 0.4) is 0 Å². The van der Waals surface area contributed by atoms with Crippen molar-refractivity contribution in [2.75, 3.05) is 20.1 Å². The van der Waals surface area contributed by atoms with Crippen LogP contribution in [0.1, 0.15) is 66.7 Å². The Kier molecular flexibility index (Phi) is 8.36. The van der Waals surface area contributed by atoms with Crippen LogP contribution < -0.4 is 0 Å². The van der Waals surface area contributed by atoms with Crippen LogP contribution in [0.5, 0.6) is 0 Å². The van der Waals surface area contributed by atoms with Crippen LogP contribution in [0, 0.1) is 5.92 Å². The predicted octanol–water partition coefficient (Wildman–Crippen LogP) is 4.80. The smallest absolute Gasteiger partial charge is 0.0498 e. The van der Waals surface area contributed by atoms with Crippen LogP contribution in [0.25, 0.3) is 5.32 Å². The van der Waals surface area contributed by atoms with Gasteiger partial charge in [-0.2, -0.15) is 0 Å². The van der Waals surface area contributed by atoms with Gasteiger partial charge in [-0.3, -0.25) is 0 Å². The summed E-state index contributed by atoms with van der Waals surface area (Å²) in [7, 11) is 2.04. The summed E-state index contributed by atoms with van der Waals surface area (Å²) in [6.45, 7) is 13.3. The fourth-order valence-electron chi connectivity index (χ4n) is 2.46. The molecule has 0 saturated heterocycles. The maximum absolute atomic E-state index is 4.92. The molecule has 0 bridgehead atoms. The van der Waals surface area contributed by atoms with Crippen LogP contribution >= 0.6 is 0 Å². The lowest BCUT2D eigenvalue weighted by molar-refractivity contribution is 0.304. The van der Waals surface area contributed by atoms with Gasteiger partial charge in [-0.05, 0) is 51.0 Å². The summed E-state index contributed by atoms with van der Waals surface area (Å²) in [4.78, 5) is 2.46. The zero-order valence-corrected chi connectivity index (χ0v) is 15.5. The Labute approximate surface area is 137 Å². The van der Waals surface area contributed by atoms with Gasteiger partial charge in [0.1, 0.15) is 0 Å². The quantitative estimate of drug-likeness (QED) is 0.613. The molecule has 1 aliphatic heterocycles. The molecular formula is C18H35N4-. The average Bonchev–Trinajstić information content (AvgIpc) is 2.58. The summed E-state index contributed by atoms with van der Waals surface area (Å²) < 4.78 is 0. The fraction of sp³-hybridized carbons (Fsp3) is 0.833. The molecule has 4 nitrogen and oxygen atoms in total. The van der Waals surface area contributed by atoms with Gasteiger partial charge in [0.25, 0.3) is 0 Å². The molecule has 0 aromatic carbocycles. The molecule has 128 valence electrons. The topological polar surface area (TPSA) is 32.9 Å². The molecule has 4 heteroatoms. The Morgan fingerprint density at radius 1 is 1.23 bits per heavy atom. The van der Waals surface area contributed by atoms with Gasteiger partial charge in [0.15, 0.2) is 0 Å². The van der Waals surface area contributed by atoms with Crippen molar-refractivity contribution >= 4 is 5.84 Å². The number of amidine groups is 1. The van der Waals surface area contributed by atoms with Gasteiger partial charge in [-0.1, -0.05) is 46.6 Å². The highest BCUT2D eigenvalue weighted by atomic mass is 15.5. The second-order valence-corrected chi connectivity index (χ2v) is 6.76. The van der Waals surface area contributed by atoms with Crippen LogP contribution in [0.15, 0.2) is 17.0 Å². The van der Waals surface area contributed by atoms with Crippen LogP contribution in [-0.2, 0) is 0 Å². The molecule has 0 saturated carbocycles. The molecule has 0 amide bonds. The lowest BCUT2D eigenvalue weighted by Gasteiger charge is -2.34. The number of likely N-dealkylation sites (N-methyl/N-ethyl adjacent to an activating group) is 1. The molecule has 0 aliphatic carbocycles. The zero-order chi connectivity index (χ0) is 16.5. The SMILES string of the molecule is CCCCN(CCCC)C1=CC(C)N(C)N=C(CC(C)C)[N-]1. The zero-order valence-electron chi connectivity index (χ0n) is 15.5. The van der Waals surface area contributed by atoms with E-state index in [1.165, 1.54) is 25.7 Å². The van der Waals surface area contributed by atoms with Crippen molar-refractivity contribution < 1.29 is 0 Å². The van der Waals surface area contributed by atoms with Gasteiger partial charge in [-0.25, -0.2) is 0 Å². The van der Waals surface area contributed by atoms with E-state index >= 15 is 0 Å². The molecule has 1 unspecified atom stereocenters. The van der Waals surface area contributed by atoms with Crippen molar-refractivity contribution in [2.45, 2.75) is 72.8 Å². The minimum atomic E-state index is 0.286. The van der Waals surface area contributed by atoms with E-state index in [-0.39, 0.29) is 6.04 Å². The third kappa shape index (κ3) is 6.29. The van der Waals surface area contributed by atoms with E-state index in [0.29, 0.717) is 5.92 Å². The van der Waals surface area contributed by atoms with Crippen molar-refractivity contribution in [1.29, 1.82) is 0 Å². The van der Waals surface area contributed by atoms with Gasteiger partial charge in [0, 0.05) is 18.9 Å². The Bertz CT molecular complexity index is 365. The Hall–Kier alpha value is -1.19. The van der Waals surface area contributed by atoms with E-state index in [1.54, 1.807) is 0 Å². The molecule has 0 fully saturated rings. The van der Waals surface area contributed by atoms with E-state index in [4.69, 9.17) is 10.4 Å². The summed E-state index contributed by atoms with van der Waals surface area (Å²) in [5.41, 5.74) is 0. The van der Waals surface area contributed by atoms with E-state index in [1.807, 2.05) is 12.1 Å². The number of hydrazone groups is 1. The standard InChI is InChI=1S/C18H35N4/c1-7-9-11-22(12-10-8-2)18-14-16(5)21(6)20-17(19-18)13-15(3)4/h14-16H,7-13H2,1-6H3/q-1. The Morgan fingerprint density at radius 2 is 1.82 bits per heavy atom. The number of rotatable bonds is 9. The molecule has 1 aliphatic rings. The summed E-state index contributed by atoms with van der Waals surface area (Å²) in [5.74, 6) is 2.66. The molecule has 1 heterocycles.